The minimum Gasteiger partial charge on any atom is -0.507 e. The number of nitrogens with one attached hydrogen (secondary N) is 2. The monoisotopic (exact) mass is 335 g/mol. The number of amides is 2. The molecular weight excluding hydrogens is 326 g/mol. The lowest BCUT2D eigenvalue weighted by Gasteiger charge is -2.09. The van der Waals surface area contributed by atoms with Gasteiger partial charge < -0.3 is 5.11 Å². The highest BCUT2D eigenvalue weighted by Gasteiger charge is 2.20. The summed E-state index contributed by atoms with van der Waals surface area (Å²) in [5, 5.41) is 20.7. The van der Waals surface area contributed by atoms with E-state index in [1.54, 1.807) is 0 Å². The molecule has 0 saturated carbocycles. The molecule has 0 saturated heterocycles. The van der Waals surface area contributed by atoms with Crippen molar-refractivity contribution in [3.8, 4) is 5.75 Å². The van der Waals surface area contributed by atoms with Gasteiger partial charge in [0, 0.05) is 11.1 Å². The number of hydrogen-bond donors (Lipinski definition) is 3. The number of nitro benzene ring substituents is 1. The zero-order valence-corrected chi connectivity index (χ0v) is 12.2. The lowest BCUT2D eigenvalue weighted by molar-refractivity contribution is -0.385. The average Bonchev–Trinajstić information content (AvgIpc) is 2.54. The number of carbonyl (C=O) groups excluding carboxylic acids is 2. The van der Waals surface area contributed by atoms with Crippen LogP contribution in [0, 0.1) is 10.1 Å². The summed E-state index contributed by atoms with van der Waals surface area (Å²) in [6, 6.07) is 9.10. The Labute approximate surface area is 134 Å². The normalized spacial score (nSPS) is 9.96. The number of halogens is 1. The second kappa shape index (κ2) is 6.75. The van der Waals surface area contributed by atoms with E-state index in [1.165, 1.54) is 42.5 Å². The van der Waals surface area contributed by atoms with Crippen LogP contribution in [0.5, 0.6) is 5.75 Å². The molecule has 23 heavy (non-hydrogen) atoms. The molecule has 0 aromatic heterocycles. The SMILES string of the molecule is O=C(NNC(=O)c1ccccc1[N+](=O)[O-])c1cc(Cl)ccc1O. The summed E-state index contributed by atoms with van der Waals surface area (Å²) >= 11 is 5.72. The number of carbonyl (C=O) groups is 2. The molecule has 0 aliphatic carbocycles. The lowest BCUT2D eigenvalue weighted by Crippen LogP contribution is -2.41. The number of hydrogen-bond acceptors (Lipinski definition) is 5. The Bertz CT molecular complexity index is 794. The molecule has 9 heteroatoms. The van der Waals surface area contributed by atoms with E-state index in [4.69, 9.17) is 11.6 Å². The molecule has 0 radical (unpaired) electrons. The summed E-state index contributed by atoms with van der Waals surface area (Å²) in [7, 11) is 0. The second-order valence-corrected chi connectivity index (χ2v) is 4.78. The third-order valence-corrected chi connectivity index (χ3v) is 3.07. The fraction of sp³-hybridized carbons (Fsp3) is 0. The van der Waals surface area contributed by atoms with Crippen molar-refractivity contribution >= 4 is 29.1 Å². The van der Waals surface area contributed by atoms with Crippen LogP contribution in [-0.4, -0.2) is 21.8 Å². The number of hydrazine groups is 1. The van der Waals surface area contributed by atoms with Crippen LogP contribution >= 0.6 is 11.6 Å². The van der Waals surface area contributed by atoms with Crippen LogP contribution in [-0.2, 0) is 0 Å². The van der Waals surface area contributed by atoms with Crippen molar-refractivity contribution in [2.45, 2.75) is 0 Å². The Hall–Kier alpha value is -3.13. The van der Waals surface area contributed by atoms with Gasteiger partial charge in [0.25, 0.3) is 17.5 Å². The summed E-state index contributed by atoms with van der Waals surface area (Å²) in [5.74, 6) is -2.02. The van der Waals surface area contributed by atoms with Crippen molar-refractivity contribution in [1.29, 1.82) is 0 Å². The van der Waals surface area contributed by atoms with Crippen molar-refractivity contribution in [3.05, 3.63) is 68.7 Å². The van der Waals surface area contributed by atoms with Gasteiger partial charge in [-0.25, -0.2) is 0 Å². The van der Waals surface area contributed by atoms with Gasteiger partial charge in [-0.15, -0.1) is 0 Å². The molecule has 118 valence electrons. The molecule has 2 aromatic carbocycles. The van der Waals surface area contributed by atoms with E-state index >= 15 is 0 Å². The Morgan fingerprint density at radius 2 is 1.65 bits per heavy atom. The number of phenols is 1. The molecule has 0 fully saturated rings. The van der Waals surface area contributed by atoms with Crippen molar-refractivity contribution < 1.29 is 19.6 Å². The van der Waals surface area contributed by atoms with Crippen LogP contribution in [0.25, 0.3) is 0 Å². The molecule has 0 bridgehead atoms. The maximum Gasteiger partial charge on any atom is 0.282 e. The van der Waals surface area contributed by atoms with Gasteiger partial charge in [-0.2, -0.15) is 0 Å². The molecule has 0 aliphatic heterocycles. The predicted molar refractivity (Wildman–Crippen MR) is 81.1 cm³/mol. The number of nitro groups is 1. The fourth-order valence-electron chi connectivity index (χ4n) is 1.76. The average molecular weight is 336 g/mol. The summed E-state index contributed by atoms with van der Waals surface area (Å²) in [5.41, 5.74) is 3.33. The summed E-state index contributed by atoms with van der Waals surface area (Å²) in [6.45, 7) is 0. The van der Waals surface area contributed by atoms with Gasteiger partial charge in [-0.05, 0) is 24.3 Å². The molecule has 2 aromatic rings. The van der Waals surface area contributed by atoms with E-state index in [0.717, 1.165) is 0 Å². The maximum atomic E-state index is 11.9. The third-order valence-electron chi connectivity index (χ3n) is 2.84. The molecule has 2 rings (SSSR count). The number of rotatable bonds is 3. The van der Waals surface area contributed by atoms with Gasteiger partial charge in [0.1, 0.15) is 11.3 Å². The van der Waals surface area contributed by atoms with Crippen molar-refractivity contribution in [3.63, 3.8) is 0 Å². The number of phenolic OH excluding ortho intramolecular Hbond substituents is 1. The van der Waals surface area contributed by atoms with Crippen LogP contribution in [0.4, 0.5) is 5.69 Å². The van der Waals surface area contributed by atoms with Crippen molar-refractivity contribution in [2.75, 3.05) is 0 Å². The number of aromatic hydroxyl groups is 1. The van der Waals surface area contributed by atoms with E-state index in [9.17, 15) is 24.8 Å². The molecule has 8 nitrogen and oxygen atoms in total. The second-order valence-electron chi connectivity index (χ2n) is 4.34. The van der Waals surface area contributed by atoms with Crippen molar-refractivity contribution in [2.24, 2.45) is 0 Å². The molecule has 3 N–H and O–H groups in total. The Balaban J connectivity index is 2.12. The van der Waals surface area contributed by atoms with Gasteiger partial charge in [0.15, 0.2) is 0 Å². The molecule has 0 atom stereocenters. The quantitative estimate of drug-likeness (QED) is 0.585. The highest BCUT2D eigenvalue weighted by atomic mass is 35.5. The minimum atomic E-state index is -0.868. The molecule has 0 aliphatic rings. The third kappa shape index (κ3) is 3.74. The van der Waals surface area contributed by atoms with Gasteiger partial charge in [0.05, 0.1) is 10.5 Å². The first-order valence-electron chi connectivity index (χ1n) is 6.22. The van der Waals surface area contributed by atoms with Crippen LogP contribution in [0.1, 0.15) is 20.7 Å². The molecule has 0 unspecified atom stereocenters. The zero-order chi connectivity index (χ0) is 17.0. The van der Waals surface area contributed by atoms with E-state index < -0.39 is 22.4 Å². The van der Waals surface area contributed by atoms with E-state index in [-0.39, 0.29) is 21.9 Å². The fourth-order valence-corrected chi connectivity index (χ4v) is 1.94. The van der Waals surface area contributed by atoms with Gasteiger partial charge >= 0.3 is 0 Å². The molecule has 2 amide bonds. The topological polar surface area (TPSA) is 122 Å². The van der Waals surface area contributed by atoms with E-state index in [0.29, 0.717) is 0 Å². The first-order valence-corrected chi connectivity index (χ1v) is 6.60. The zero-order valence-electron chi connectivity index (χ0n) is 11.4. The van der Waals surface area contributed by atoms with Gasteiger partial charge in [-0.1, -0.05) is 23.7 Å². The summed E-state index contributed by atoms with van der Waals surface area (Å²) < 4.78 is 0. The molecule has 0 spiro atoms. The van der Waals surface area contributed by atoms with Crippen LogP contribution in [0.3, 0.4) is 0 Å². The number of para-hydroxylation sites is 1. The van der Waals surface area contributed by atoms with Crippen molar-refractivity contribution in [1.82, 2.24) is 10.9 Å². The van der Waals surface area contributed by atoms with Crippen LogP contribution in [0.15, 0.2) is 42.5 Å². The largest absolute Gasteiger partial charge is 0.507 e. The number of benzene rings is 2. The van der Waals surface area contributed by atoms with Gasteiger partial charge in [0.2, 0.25) is 0 Å². The Morgan fingerprint density at radius 1 is 1.04 bits per heavy atom. The maximum absolute atomic E-state index is 11.9. The minimum absolute atomic E-state index is 0.152. The van der Waals surface area contributed by atoms with Crippen LogP contribution < -0.4 is 10.9 Å². The van der Waals surface area contributed by atoms with E-state index in [2.05, 4.69) is 5.43 Å². The standard InChI is InChI=1S/C14H10ClN3O5/c15-8-5-6-12(19)10(7-8)14(21)17-16-13(20)9-3-1-2-4-11(9)18(22)23/h1-7,19H,(H,16,20)(H,17,21). The molecule has 0 heterocycles. The molecular formula is C14H10ClN3O5. The highest BCUT2D eigenvalue weighted by Crippen LogP contribution is 2.21. The Kier molecular flexibility index (Phi) is 4.77. The first-order chi connectivity index (χ1) is 10.9. The number of nitrogens with zero attached hydrogens (tertiary/aromatic N) is 1. The highest BCUT2D eigenvalue weighted by molar-refractivity contribution is 6.31. The van der Waals surface area contributed by atoms with Crippen LogP contribution in [0.2, 0.25) is 5.02 Å². The predicted octanol–water partition coefficient (Wildman–Crippen LogP) is 2.03. The van der Waals surface area contributed by atoms with E-state index in [1.807, 2.05) is 5.43 Å². The Morgan fingerprint density at radius 3 is 2.30 bits per heavy atom. The lowest BCUT2D eigenvalue weighted by atomic mass is 10.1. The smallest absolute Gasteiger partial charge is 0.282 e. The first kappa shape index (κ1) is 16.2. The summed E-state index contributed by atoms with van der Waals surface area (Å²) in [4.78, 5) is 34.0. The summed E-state index contributed by atoms with van der Waals surface area (Å²) in [6.07, 6.45) is 0. The van der Waals surface area contributed by atoms with Gasteiger partial charge in [-0.3, -0.25) is 30.6 Å².